The van der Waals surface area contributed by atoms with Crippen LogP contribution in [-0.4, -0.2) is 18.7 Å². The molecule has 0 atom stereocenters. The van der Waals surface area contributed by atoms with Gasteiger partial charge in [0.05, 0.1) is 0 Å². The molecule has 0 spiro atoms. The average molecular weight is 180 g/mol. The van der Waals surface area contributed by atoms with Gasteiger partial charge in [0.15, 0.2) is 0 Å². The maximum Gasteiger partial charge on any atom is 0.219 e. The van der Waals surface area contributed by atoms with Crippen molar-refractivity contribution in [3.63, 3.8) is 0 Å². The minimum absolute atomic E-state index is 0.0475. The summed E-state index contributed by atoms with van der Waals surface area (Å²) in [6.07, 6.45) is 5.56. The molecule has 0 aliphatic carbocycles. The van der Waals surface area contributed by atoms with Crippen LogP contribution >= 0.6 is 0 Å². The van der Waals surface area contributed by atoms with E-state index in [9.17, 15) is 4.79 Å². The third-order valence-electron chi connectivity index (χ3n) is 1.53. The lowest BCUT2D eigenvalue weighted by atomic mass is 10.2. The molecule has 0 fully saturated rings. The molecule has 0 aromatic heterocycles. The fraction of sp³-hybridized carbons (Fsp3) is 0.400. The van der Waals surface area contributed by atoms with Crippen LogP contribution in [0.4, 0.5) is 0 Å². The summed E-state index contributed by atoms with van der Waals surface area (Å²) in [6, 6.07) is 0. The highest BCUT2D eigenvalue weighted by molar-refractivity contribution is 5.82. The Morgan fingerprint density at radius 1 is 1.62 bits per heavy atom. The fourth-order valence-corrected chi connectivity index (χ4v) is 0.696. The molecule has 0 aromatic rings. The Morgan fingerprint density at radius 3 is 2.77 bits per heavy atom. The van der Waals surface area contributed by atoms with Gasteiger partial charge in [-0.05, 0) is 12.5 Å². The van der Waals surface area contributed by atoms with Gasteiger partial charge >= 0.3 is 0 Å². The molecule has 0 aromatic carbocycles. The topological polar surface area (TPSA) is 41.5 Å². The number of carbonyl (C=O) groups is 1. The summed E-state index contributed by atoms with van der Waals surface area (Å²) in [6.45, 7) is 7.72. The second-order valence-electron chi connectivity index (χ2n) is 2.45. The smallest absolute Gasteiger partial charge is 0.219 e. The summed E-state index contributed by atoms with van der Waals surface area (Å²) in [7, 11) is 0. The third kappa shape index (κ3) is 5.84. The highest BCUT2D eigenvalue weighted by Crippen LogP contribution is 1.88. The Morgan fingerprint density at radius 2 is 2.31 bits per heavy atom. The van der Waals surface area contributed by atoms with E-state index in [1.165, 1.54) is 6.20 Å². The first-order valence-electron chi connectivity index (χ1n) is 4.30. The molecule has 0 rings (SSSR count). The lowest BCUT2D eigenvalue weighted by molar-refractivity contribution is -0.120. The Hall–Kier alpha value is -1.38. The monoisotopic (exact) mass is 180 g/mol. The Bertz CT molecular complexity index is 229. The number of rotatable bonds is 5. The molecular weight excluding hydrogens is 164 g/mol. The molecule has 0 aliphatic heterocycles. The van der Waals surface area contributed by atoms with E-state index in [-0.39, 0.29) is 5.91 Å². The summed E-state index contributed by atoms with van der Waals surface area (Å²) in [5, 5.41) is 2.76. The van der Waals surface area contributed by atoms with Gasteiger partial charge in [0.2, 0.25) is 5.91 Å². The van der Waals surface area contributed by atoms with E-state index in [4.69, 9.17) is 0 Å². The number of aliphatic imine (C=N–C) groups is 1. The van der Waals surface area contributed by atoms with Crippen LogP contribution in [0, 0.1) is 0 Å². The van der Waals surface area contributed by atoms with Crippen molar-refractivity contribution in [2.75, 3.05) is 6.54 Å². The molecule has 13 heavy (non-hydrogen) atoms. The molecule has 3 nitrogen and oxygen atoms in total. The Balaban J connectivity index is 3.94. The van der Waals surface area contributed by atoms with Crippen molar-refractivity contribution in [1.29, 1.82) is 0 Å². The van der Waals surface area contributed by atoms with E-state index in [2.05, 4.69) is 16.9 Å². The number of amides is 1. The molecule has 0 unspecified atom stereocenters. The summed E-state index contributed by atoms with van der Waals surface area (Å²) in [5.41, 5.74) is 0.974. The van der Waals surface area contributed by atoms with Crippen LogP contribution in [0.2, 0.25) is 0 Å². The van der Waals surface area contributed by atoms with Crippen molar-refractivity contribution < 1.29 is 4.79 Å². The second-order valence-corrected chi connectivity index (χ2v) is 2.45. The van der Waals surface area contributed by atoms with Gasteiger partial charge in [-0.3, -0.25) is 9.79 Å². The van der Waals surface area contributed by atoms with Crippen LogP contribution in [-0.2, 0) is 4.79 Å². The number of nitrogens with one attached hydrogen (secondary N) is 1. The predicted molar refractivity (Wildman–Crippen MR) is 55.7 cm³/mol. The van der Waals surface area contributed by atoms with E-state index >= 15 is 0 Å². The zero-order valence-corrected chi connectivity index (χ0v) is 8.21. The van der Waals surface area contributed by atoms with Gasteiger partial charge in [0, 0.05) is 25.4 Å². The number of hydrogen-bond donors (Lipinski definition) is 1. The predicted octanol–water partition coefficient (Wildman–Crippen LogP) is 1.67. The quantitative estimate of drug-likeness (QED) is 0.642. The van der Waals surface area contributed by atoms with Gasteiger partial charge < -0.3 is 5.32 Å². The number of hydrogen-bond acceptors (Lipinski definition) is 2. The SMILES string of the molecule is C=C/N=C\C(=C/C)CNC(=O)CC. The minimum atomic E-state index is 0.0475. The molecule has 3 heteroatoms. The highest BCUT2D eigenvalue weighted by atomic mass is 16.1. The van der Waals surface area contributed by atoms with Gasteiger partial charge in [-0.15, -0.1) is 0 Å². The first kappa shape index (κ1) is 11.6. The second kappa shape index (κ2) is 7.28. The maximum atomic E-state index is 10.9. The minimum Gasteiger partial charge on any atom is -0.352 e. The van der Waals surface area contributed by atoms with Crippen LogP contribution in [0.25, 0.3) is 0 Å². The standard InChI is InChI=1S/C10H16N2O/c1-4-9(7-11-6-3)8-12-10(13)5-2/h4,6-7H,3,5,8H2,1-2H3,(H,12,13)/b9-4+,11-7-. The van der Waals surface area contributed by atoms with Crippen molar-refractivity contribution >= 4 is 12.1 Å². The Labute approximate surface area is 79.3 Å². The molecule has 0 radical (unpaired) electrons. The first-order valence-corrected chi connectivity index (χ1v) is 4.30. The van der Waals surface area contributed by atoms with E-state index in [1.54, 1.807) is 6.21 Å². The maximum absolute atomic E-state index is 10.9. The van der Waals surface area contributed by atoms with Crippen LogP contribution in [0.1, 0.15) is 20.3 Å². The van der Waals surface area contributed by atoms with Crippen molar-refractivity contribution in [2.24, 2.45) is 4.99 Å². The van der Waals surface area contributed by atoms with Gasteiger partial charge in [0.1, 0.15) is 0 Å². The molecule has 1 N–H and O–H groups in total. The molecule has 72 valence electrons. The summed E-state index contributed by atoms with van der Waals surface area (Å²) < 4.78 is 0. The summed E-state index contributed by atoms with van der Waals surface area (Å²) in [4.78, 5) is 14.8. The zero-order chi connectivity index (χ0) is 10.1. The van der Waals surface area contributed by atoms with Gasteiger partial charge in [-0.2, -0.15) is 0 Å². The molecule has 0 saturated heterocycles. The third-order valence-corrected chi connectivity index (χ3v) is 1.53. The number of carbonyl (C=O) groups excluding carboxylic acids is 1. The van der Waals surface area contributed by atoms with E-state index < -0.39 is 0 Å². The average Bonchev–Trinajstić information content (AvgIpc) is 2.17. The molecule has 0 heterocycles. The first-order chi connectivity index (χ1) is 6.24. The fourth-order valence-electron chi connectivity index (χ4n) is 0.696. The van der Waals surface area contributed by atoms with Crippen LogP contribution < -0.4 is 5.32 Å². The van der Waals surface area contributed by atoms with Crippen LogP contribution in [0.15, 0.2) is 29.4 Å². The molecule has 0 aliphatic rings. The van der Waals surface area contributed by atoms with Gasteiger partial charge in [0.25, 0.3) is 0 Å². The normalized spacial score (nSPS) is 11.7. The van der Waals surface area contributed by atoms with Gasteiger partial charge in [-0.25, -0.2) is 0 Å². The molecule has 0 saturated carbocycles. The van der Waals surface area contributed by atoms with E-state index in [1.807, 2.05) is 19.9 Å². The number of allylic oxidation sites excluding steroid dienone is 1. The van der Waals surface area contributed by atoms with Crippen LogP contribution in [0.3, 0.4) is 0 Å². The molecular formula is C10H16N2O. The summed E-state index contributed by atoms with van der Waals surface area (Å²) >= 11 is 0. The van der Waals surface area contributed by atoms with Crippen molar-refractivity contribution in [2.45, 2.75) is 20.3 Å². The van der Waals surface area contributed by atoms with Gasteiger partial charge in [-0.1, -0.05) is 19.6 Å². The Kier molecular flexibility index (Phi) is 6.51. The van der Waals surface area contributed by atoms with Crippen molar-refractivity contribution in [3.05, 3.63) is 24.4 Å². The molecule has 0 bridgehead atoms. The van der Waals surface area contributed by atoms with Crippen molar-refractivity contribution in [3.8, 4) is 0 Å². The van der Waals surface area contributed by atoms with E-state index in [0.717, 1.165) is 5.57 Å². The van der Waals surface area contributed by atoms with E-state index in [0.29, 0.717) is 13.0 Å². The molecule has 1 amide bonds. The number of nitrogens with zero attached hydrogens (tertiary/aromatic N) is 1. The van der Waals surface area contributed by atoms with Crippen LogP contribution in [0.5, 0.6) is 0 Å². The lowest BCUT2D eigenvalue weighted by Gasteiger charge is -2.02. The van der Waals surface area contributed by atoms with Crippen molar-refractivity contribution in [1.82, 2.24) is 5.32 Å². The highest BCUT2D eigenvalue weighted by Gasteiger charge is 1.96. The lowest BCUT2D eigenvalue weighted by Crippen LogP contribution is -2.24. The zero-order valence-electron chi connectivity index (χ0n) is 8.21. The summed E-state index contributed by atoms with van der Waals surface area (Å²) in [5.74, 6) is 0.0475. The largest absolute Gasteiger partial charge is 0.352 e.